The zero-order valence-corrected chi connectivity index (χ0v) is 14.1. The average Bonchev–Trinajstić information content (AvgIpc) is 3.09. The SMILES string of the molecule is O=C1CC[C@H](C(=O)N2CCCC2)CN1CCc1ccc(Cl)cc1. The minimum atomic E-state index is -0.0176. The van der Waals surface area contributed by atoms with Crippen molar-refractivity contribution in [1.29, 1.82) is 0 Å². The van der Waals surface area contributed by atoms with Gasteiger partial charge in [0.15, 0.2) is 0 Å². The summed E-state index contributed by atoms with van der Waals surface area (Å²) >= 11 is 5.89. The van der Waals surface area contributed by atoms with E-state index in [1.807, 2.05) is 34.1 Å². The highest BCUT2D eigenvalue weighted by molar-refractivity contribution is 6.30. The molecule has 0 bridgehead atoms. The number of likely N-dealkylation sites (tertiary alicyclic amines) is 2. The fourth-order valence-corrected chi connectivity index (χ4v) is 3.57. The molecule has 5 heteroatoms. The first-order chi connectivity index (χ1) is 11.1. The molecule has 1 aromatic carbocycles. The maximum Gasteiger partial charge on any atom is 0.227 e. The number of hydrogen-bond donors (Lipinski definition) is 0. The van der Waals surface area contributed by atoms with E-state index < -0.39 is 0 Å². The molecule has 0 radical (unpaired) electrons. The van der Waals surface area contributed by atoms with Gasteiger partial charge in [-0.25, -0.2) is 0 Å². The van der Waals surface area contributed by atoms with Gasteiger partial charge in [0.2, 0.25) is 11.8 Å². The van der Waals surface area contributed by atoms with Gasteiger partial charge in [0.1, 0.15) is 0 Å². The number of benzene rings is 1. The molecule has 1 aromatic rings. The van der Waals surface area contributed by atoms with Crippen molar-refractivity contribution in [1.82, 2.24) is 9.80 Å². The first-order valence-corrected chi connectivity index (χ1v) is 8.82. The van der Waals surface area contributed by atoms with Crippen LogP contribution in [0.1, 0.15) is 31.2 Å². The molecule has 2 fully saturated rings. The maximum absolute atomic E-state index is 12.5. The Morgan fingerprint density at radius 1 is 1.17 bits per heavy atom. The van der Waals surface area contributed by atoms with Crippen molar-refractivity contribution in [3.8, 4) is 0 Å². The summed E-state index contributed by atoms with van der Waals surface area (Å²) in [5.74, 6) is 0.395. The molecule has 124 valence electrons. The molecular formula is C18H23ClN2O2. The lowest BCUT2D eigenvalue weighted by atomic mass is 9.95. The smallest absolute Gasteiger partial charge is 0.227 e. The summed E-state index contributed by atoms with van der Waals surface area (Å²) in [5.41, 5.74) is 1.16. The van der Waals surface area contributed by atoms with E-state index >= 15 is 0 Å². The number of carbonyl (C=O) groups is 2. The van der Waals surface area contributed by atoms with Crippen LogP contribution in [-0.4, -0.2) is 47.8 Å². The molecular weight excluding hydrogens is 312 g/mol. The number of halogens is 1. The molecule has 23 heavy (non-hydrogen) atoms. The third-order valence-corrected chi connectivity index (χ3v) is 5.10. The van der Waals surface area contributed by atoms with Gasteiger partial charge in [-0.1, -0.05) is 23.7 Å². The largest absolute Gasteiger partial charge is 0.342 e. The fourth-order valence-electron chi connectivity index (χ4n) is 3.44. The summed E-state index contributed by atoms with van der Waals surface area (Å²) in [6.07, 6.45) is 4.21. The van der Waals surface area contributed by atoms with E-state index in [-0.39, 0.29) is 17.7 Å². The van der Waals surface area contributed by atoms with Crippen LogP contribution in [0.25, 0.3) is 0 Å². The van der Waals surface area contributed by atoms with Crippen LogP contribution in [0.4, 0.5) is 0 Å². The standard InChI is InChI=1S/C18H23ClN2O2/c19-16-6-3-14(4-7-16)9-12-21-13-15(5-8-17(21)22)18(23)20-10-1-2-11-20/h3-4,6-7,15H,1-2,5,8-13H2/t15-/m0/s1. The Labute approximate surface area is 142 Å². The van der Waals surface area contributed by atoms with Crippen molar-refractivity contribution in [3.63, 3.8) is 0 Å². The molecule has 0 unspecified atom stereocenters. The number of amides is 2. The lowest BCUT2D eigenvalue weighted by Gasteiger charge is -2.33. The highest BCUT2D eigenvalue weighted by Crippen LogP contribution is 2.22. The molecule has 0 aliphatic carbocycles. The molecule has 4 nitrogen and oxygen atoms in total. The molecule has 0 spiro atoms. The van der Waals surface area contributed by atoms with E-state index in [1.165, 1.54) is 0 Å². The number of rotatable bonds is 4. The summed E-state index contributed by atoms with van der Waals surface area (Å²) in [6, 6.07) is 7.72. The lowest BCUT2D eigenvalue weighted by molar-refractivity contribution is -0.142. The van der Waals surface area contributed by atoms with E-state index in [4.69, 9.17) is 11.6 Å². The number of nitrogens with zero attached hydrogens (tertiary/aromatic N) is 2. The topological polar surface area (TPSA) is 40.6 Å². The van der Waals surface area contributed by atoms with Crippen LogP contribution in [0.3, 0.4) is 0 Å². The number of carbonyl (C=O) groups excluding carboxylic acids is 2. The summed E-state index contributed by atoms with van der Waals surface area (Å²) in [6.45, 7) is 3.01. The monoisotopic (exact) mass is 334 g/mol. The van der Waals surface area contributed by atoms with E-state index in [1.54, 1.807) is 0 Å². The van der Waals surface area contributed by atoms with Crippen molar-refractivity contribution in [2.75, 3.05) is 26.2 Å². The Balaban J connectivity index is 1.56. The normalized spacial score (nSPS) is 21.8. The highest BCUT2D eigenvalue weighted by Gasteiger charge is 2.33. The van der Waals surface area contributed by atoms with Crippen molar-refractivity contribution >= 4 is 23.4 Å². The number of piperidine rings is 1. The lowest BCUT2D eigenvalue weighted by Crippen LogP contribution is -2.47. The quantitative estimate of drug-likeness (QED) is 0.849. The van der Waals surface area contributed by atoms with Gasteiger partial charge in [0.25, 0.3) is 0 Å². The van der Waals surface area contributed by atoms with Gasteiger partial charge in [0, 0.05) is 37.6 Å². The Bertz CT molecular complexity index is 567. The molecule has 0 saturated carbocycles. The molecule has 3 rings (SSSR count). The van der Waals surface area contributed by atoms with Crippen molar-refractivity contribution in [2.24, 2.45) is 5.92 Å². The van der Waals surface area contributed by atoms with Crippen LogP contribution in [0.2, 0.25) is 5.02 Å². The highest BCUT2D eigenvalue weighted by atomic mass is 35.5. The van der Waals surface area contributed by atoms with Gasteiger partial charge in [-0.05, 0) is 43.4 Å². The molecule has 0 aromatic heterocycles. The van der Waals surface area contributed by atoms with E-state index in [0.29, 0.717) is 25.9 Å². The van der Waals surface area contributed by atoms with Crippen LogP contribution in [0.15, 0.2) is 24.3 Å². The first kappa shape index (κ1) is 16.3. The maximum atomic E-state index is 12.5. The van der Waals surface area contributed by atoms with Crippen molar-refractivity contribution in [2.45, 2.75) is 32.1 Å². The van der Waals surface area contributed by atoms with Gasteiger partial charge >= 0.3 is 0 Å². The van der Waals surface area contributed by atoms with Crippen molar-refractivity contribution in [3.05, 3.63) is 34.9 Å². The predicted molar refractivity (Wildman–Crippen MR) is 90.3 cm³/mol. The minimum Gasteiger partial charge on any atom is -0.342 e. The molecule has 2 amide bonds. The van der Waals surface area contributed by atoms with Gasteiger partial charge in [0.05, 0.1) is 5.92 Å². The Morgan fingerprint density at radius 3 is 2.57 bits per heavy atom. The Morgan fingerprint density at radius 2 is 1.87 bits per heavy atom. The predicted octanol–water partition coefficient (Wildman–Crippen LogP) is 2.74. The van der Waals surface area contributed by atoms with Crippen LogP contribution in [0.5, 0.6) is 0 Å². The van der Waals surface area contributed by atoms with Gasteiger partial charge < -0.3 is 9.80 Å². The summed E-state index contributed by atoms with van der Waals surface area (Å²) < 4.78 is 0. The number of hydrogen-bond acceptors (Lipinski definition) is 2. The second-order valence-electron chi connectivity index (χ2n) is 6.48. The Kier molecular flexibility index (Phi) is 5.21. The van der Waals surface area contributed by atoms with Crippen LogP contribution >= 0.6 is 11.6 Å². The zero-order valence-electron chi connectivity index (χ0n) is 13.3. The molecule has 1 atom stereocenters. The Hall–Kier alpha value is -1.55. The average molecular weight is 335 g/mol. The van der Waals surface area contributed by atoms with E-state index in [2.05, 4.69) is 0 Å². The minimum absolute atomic E-state index is 0.0176. The van der Waals surface area contributed by atoms with Crippen LogP contribution in [0, 0.1) is 5.92 Å². The summed E-state index contributed by atoms with van der Waals surface area (Å²) in [4.78, 5) is 28.5. The van der Waals surface area contributed by atoms with Gasteiger partial charge in [-0.3, -0.25) is 9.59 Å². The van der Waals surface area contributed by atoms with Crippen LogP contribution in [-0.2, 0) is 16.0 Å². The van der Waals surface area contributed by atoms with E-state index in [9.17, 15) is 9.59 Å². The zero-order chi connectivity index (χ0) is 16.2. The second-order valence-corrected chi connectivity index (χ2v) is 6.92. The molecule has 0 N–H and O–H groups in total. The third kappa shape index (κ3) is 4.05. The molecule has 2 heterocycles. The van der Waals surface area contributed by atoms with Gasteiger partial charge in [-0.2, -0.15) is 0 Å². The summed E-state index contributed by atoms with van der Waals surface area (Å²) in [5, 5.41) is 0.721. The fraction of sp³-hybridized carbons (Fsp3) is 0.556. The summed E-state index contributed by atoms with van der Waals surface area (Å²) in [7, 11) is 0. The molecule has 2 aliphatic rings. The first-order valence-electron chi connectivity index (χ1n) is 8.44. The van der Waals surface area contributed by atoms with Gasteiger partial charge in [-0.15, -0.1) is 0 Å². The van der Waals surface area contributed by atoms with E-state index in [0.717, 1.165) is 42.9 Å². The molecule has 2 aliphatic heterocycles. The van der Waals surface area contributed by atoms with Crippen molar-refractivity contribution < 1.29 is 9.59 Å². The second kappa shape index (κ2) is 7.35. The molecule has 2 saturated heterocycles. The van der Waals surface area contributed by atoms with Crippen LogP contribution < -0.4 is 0 Å². The third-order valence-electron chi connectivity index (χ3n) is 4.85.